The number of ether oxygens (including phenoxy) is 1. The summed E-state index contributed by atoms with van der Waals surface area (Å²) in [6.45, 7) is 0. The van der Waals surface area contributed by atoms with E-state index in [9.17, 15) is 17.6 Å². The molecule has 0 aliphatic heterocycles. The van der Waals surface area contributed by atoms with Crippen LogP contribution in [0.25, 0.3) is 0 Å². The Hall–Kier alpha value is -0.970. The summed E-state index contributed by atoms with van der Waals surface area (Å²) in [5, 5.41) is -1.43. The van der Waals surface area contributed by atoms with Crippen LogP contribution in [0.4, 0.5) is 17.6 Å². The molecule has 6 heteroatoms. The van der Waals surface area contributed by atoms with Crippen LogP contribution in [0.2, 0.25) is 0 Å². The molecule has 1 atom stereocenters. The number of methoxy groups -OCH3 is 1. The van der Waals surface area contributed by atoms with Gasteiger partial charge in [-0.2, -0.15) is 13.2 Å². The van der Waals surface area contributed by atoms with E-state index in [0.717, 1.165) is 6.07 Å². The molecule has 0 saturated carbocycles. The van der Waals surface area contributed by atoms with Crippen molar-refractivity contribution in [2.24, 2.45) is 0 Å². The van der Waals surface area contributed by atoms with Crippen LogP contribution in [0, 0.1) is 5.82 Å². The zero-order valence-electron chi connectivity index (χ0n) is 8.31. The van der Waals surface area contributed by atoms with Crippen molar-refractivity contribution in [3.8, 4) is 5.75 Å². The van der Waals surface area contributed by atoms with Crippen molar-refractivity contribution in [2.75, 3.05) is 7.11 Å². The number of hydrogen-bond donors (Lipinski definition) is 0. The number of halogens is 5. The Balaban J connectivity index is 2.88. The minimum absolute atomic E-state index is 0.181. The second-order valence-electron chi connectivity index (χ2n) is 3.17. The fourth-order valence-electron chi connectivity index (χ4n) is 1.20. The molecule has 0 spiro atoms. The molecule has 1 aromatic rings. The lowest BCUT2D eigenvalue weighted by Crippen LogP contribution is -2.11. The highest BCUT2D eigenvalue weighted by Gasteiger charge is 2.32. The second kappa shape index (κ2) is 4.91. The molecule has 1 nitrogen and oxygen atoms in total. The van der Waals surface area contributed by atoms with Gasteiger partial charge in [-0.25, -0.2) is 4.39 Å². The molecule has 0 fully saturated rings. The van der Waals surface area contributed by atoms with E-state index < -0.39 is 23.8 Å². The third kappa shape index (κ3) is 3.56. The number of hydrogen-bond acceptors (Lipinski definition) is 1. The molecule has 0 aliphatic carbocycles. The minimum atomic E-state index is -4.42. The molecule has 0 aliphatic rings. The molecule has 1 unspecified atom stereocenters. The Morgan fingerprint density at radius 1 is 1.38 bits per heavy atom. The van der Waals surface area contributed by atoms with Crippen LogP contribution in [-0.2, 0) is 0 Å². The van der Waals surface area contributed by atoms with Gasteiger partial charge in [-0.3, -0.25) is 0 Å². The van der Waals surface area contributed by atoms with Crippen LogP contribution < -0.4 is 4.74 Å². The van der Waals surface area contributed by atoms with E-state index in [0.29, 0.717) is 0 Å². The first-order valence-corrected chi connectivity index (χ1v) is 4.81. The highest BCUT2D eigenvalue weighted by Crippen LogP contribution is 2.35. The first-order valence-electron chi connectivity index (χ1n) is 4.38. The van der Waals surface area contributed by atoms with E-state index in [2.05, 4.69) is 0 Å². The lowest BCUT2D eigenvalue weighted by molar-refractivity contribution is -0.134. The summed E-state index contributed by atoms with van der Waals surface area (Å²) < 4.78 is 54.2. The number of benzene rings is 1. The Kier molecular flexibility index (Phi) is 4.02. The number of alkyl halides is 4. The third-order valence-corrected chi connectivity index (χ3v) is 2.35. The van der Waals surface area contributed by atoms with Gasteiger partial charge in [-0.1, -0.05) is 6.07 Å². The van der Waals surface area contributed by atoms with Gasteiger partial charge in [0, 0.05) is 11.6 Å². The minimum Gasteiger partial charge on any atom is -0.497 e. The van der Waals surface area contributed by atoms with Gasteiger partial charge < -0.3 is 4.74 Å². The van der Waals surface area contributed by atoms with Crippen LogP contribution >= 0.6 is 11.6 Å². The van der Waals surface area contributed by atoms with Crippen LogP contribution in [0.15, 0.2) is 18.2 Å². The lowest BCUT2D eigenvalue weighted by atomic mass is 10.1. The van der Waals surface area contributed by atoms with Crippen LogP contribution in [-0.4, -0.2) is 13.3 Å². The molecule has 1 aromatic carbocycles. The summed E-state index contributed by atoms with van der Waals surface area (Å²) in [6, 6.07) is 3.56. The van der Waals surface area contributed by atoms with Crippen LogP contribution in [0.5, 0.6) is 5.75 Å². The molecule has 90 valence electrons. The average molecular weight is 257 g/mol. The van der Waals surface area contributed by atoms with E-state index in [1.807, 2.05) is 0 Å². The van der Waals surface area contributed by atoms with Gasteiger partial charge in [0.05, 0.1) is 18.9 Å². The summed E-state index contributed by atoms with van der Waals surface area (Å²) in [6.07, 6.45) is -5.68. The number of rotatable bonds is 3. The molecule has 0 radical (unpaired) electrons. The molecular formula is C10H9ClF4O. The average Bonchev–Trinajstić information content (AvgIpc) is 2.14. The van der Waals surface area contributed by atoms with E-state index in [1.54, 1.807) is 0 Å². The van der Waals surface area contributed by atoms with E-state index >= 15 is 0 Å². The van der Waals surface area contributed by atoms with Crippen LogP contribution in [0.3, 0.4) is 0 Å². The monoisotopic (exact) mass is 256 g/mol. The molecule has 1 rings (SSSR count). The van der Waals surface area contributed by atoms with Gasteiger partial charge in [0.1, 0.15) is 11.6 Å². The largest absolute Gasteiger partial charge is 0.497 e. The van der Waals surface area contributed by atoms with Crippen molar-refractivity contribution in [3.63, 3.8) is 0 Å². The fourth-order valence-corrected chi connectivity index (χ4v) is 1.55. The maximum Gasteiger partial charge on any atom is 0.390 e. The molecule has 0 N–H and O–H groups in total. The molecule has 0 bridgehead atoms. The molecule has 0 heterocycles. The standard InChI is InChI=1S/C10H9ClF4O/c1-16-6-2-3-7(9(12)4-6)8(11)5-10(13,14)15/h2-4,8H,5H2,1H3. The second-order valence-corrected chi connectivity index (χ2v) is 3.70. The quantitative estimate of drug-likeness (QED) is 0.585. The smallest absolute Gasteiger partial charge is 0.390 e. The zero-order chi connectivity index (χ0) is 12.3. The Morgan fingerprint density at radius 3 is 2.44 bits per heavy atom. The fraction of sp³-hybridized carbons (Fsp3) is 0.400. The van der Waals surface area contributed by atoms with Crippen molar-refractivity contribution in [3.05, 3.63) is 29.6 Å². The van der Waals surface area contributed by atoms with Crippen molar-refractivity contribution in [2.45, 2.75) is 18.0 Å². The topological polar surface area (TPSA) is 9.23 Å². The summed E-state index contributed by atoms with van der Waals surface area (Å²) in [7, 11) is 1.34. The molecule has 0 saturated heterocycles. The summed E-state index contributed by atoms with van der Waals surface area (Å²) >= 11 is 5.49. The third-order valence-electron chi connectivity index (χ3n) is 1.96. The molecule has 16 heavy (non-hydrogen) atoms. The maximum atomic E-state index is 13.3. The summed E-state index contributed by atoms with van der Waals surface area (Å²) in [5.74, 6) is -0.569. The van der Waals surface area contributed by atoms with Gasteiger partial charge >= 0.3 is 6.18 Å². The highest BCUT2D eigenvalue weighted by atomic mass is 35.5. The SMILES string of the molecule is COc1ccc(C(Cl)CC(F)(F)F)c(F)c1. The predicted octanol–water partition coefficient (Wildman–Crippen LogP) is 4.07. The predicted molar refractivity (Wildman–Crippen MR) is 52.2 cm³/mol. The molecule has 0 aromatic heterocycles. The van der Waals surface area contributed by atoms with E-state index in [1.165, 1.54) is 19.2 Å². The molecular weight excluding hydrogens is 248 g/mol. The van der Waals surface area contributed by atoms with E-state index in [4.69, 9.17) is 16.3 Å². The van der Waals surface area contributed by atoms with Gasteiger partial charge in [0.2, 0.25) is 0 Å². The molecule has 0 amide bonds. The Labute approximate surface area is 95.0 Å². The van der Waals surface area contributed by atoms with Crippen molar-refractivity contribution in [1.82, 2.24) is 0 Å². The van der Waals surface area contributed by atoms with Crippen molar-refractivity contribution >= 4 is 11.6 Å². The van der Waals surface area contributed by atoms with Crippen molar-refractivity contribution < 1.29 is 22.3 Å². The first-order chi connectivity index (χ1) is 7.33. The highest BCUT2D eigenvalue weighted by molar-refractivity contribution is 6.20. The van der Waals surface area contributed by atoms with Gasteiger partial charge in [-0.15, -0.1) is 11.6 Å². The summed E-state index contributed by atoms with van der Waals surface area (Å²) in [5.41, 5.74) is -0.181. The van der Waals surface area contributed by atoms with Crippen molar-refractivity contribution in [1.29, 1.82) is 0 Å². The normalized spacial score (nSPS) is 13.6. The summed E-state index contributed by atoms with van der Waals surface area (Å²) in [4.78, 5) is 0. The van der Waals surface area contributed by atoms with E-state index in [-0.39, 0.29) is 11.3 Å². The Bertz CT molecular complexity index is 364. The van der Waals surface area contributed by atoms with Gasteiger partial charge in [0.15, 0.2) is 0 Å². The van der Waals surface area contributed by atoms with Gasteiger partial charge in [-0.05, 0) is 6.07 Å². The van der Waals surface area contributed by atoms with Crippen LogP contribution in [0.1, 0.15) is 17.4 Å². The zero-order valence-corrected chi connectivity index (χ0v) is 9.07. The Morgan fingerprint density at radius 2 is 2.00 bits per heavy atom. The first kappa shape index (κ1) is 13.1. The maximum absolute atomic E-state index is 13.3. The lowest BCUT2D eigenvalue weighted by Gasteiger charge is -2.13. The van der Waals surface area contributed by atoms with Gasteiger partial charge in [0.25, 0.3) is 0 Å².